The lowest BCUT2D eigenvalue weighted by molar-refractivity contribution is 0.628. The van der Waals surface area contributed by atoms with E-state index in [1.54, 1.807) is 18.5 Å². The molecule has 0 saturated heterocycles. The van der Waals surface area contributed by atoms with Crippen LogP contribution in [0.4, 0.5) is 10.2 Å². The highest BCUT2D eigenvalue weighted by Gasteiger charge is 2.18. The van der Waals surface area contributed by atoms with E-state index in [1.807, 2.05) is 35.7 Å². The van der Waals surface area contributed by atoms with E-state index in [2.05, 4.69) is 27.1 Å². The van der Waals surface area contributed by atoms with Gasteiger partial charge in [0, 0.05) is 35.1 Å². The highest BCUT2D eigenvalue weighted by molar-refractivity contribution is 5.90. The molecular formula is C22H16FN5. The topological polar surface area (TPSA) is 69.1 Å². The van der Waals surface area contributed by atoms with E-state index >= 15 is 0 Å². The van der Waals surface area contributed by atoms with Crippen LogP contribution in [-0.2, 0) is 0 Å². The number of nitrogen functional groups attached to an aromatic ring is 1. The molecule has 136 valence electrons. The summed E-state index contributed by atoms with van der Waals surface area (Å²) in [6, 6.07) is 14.4. The largest absolute Gasteiger partial charge is 0.381 e. The molecule has 0 saturated carbocycles. The Morgan fingerprint density at radius 3 is 2.71 bits per heavy atom. The summed E-state index contributed by atoms with van der Waals surface area (Å²) in [5.41, 5.74) is 11.7. The number of fused-ring (bicyclic) bond motifs is 2. The van der Waals surface area contributed by atoms with Crippen LogP contribution in [0.1, 0.15) is 5.56 Å². The fourth-order valence-electron chi connectivity index (χ4n) is 3.63. The van der Waals surface area contributed by atoms with E-state index in [9.17, 15) is 4.39 Å². The number of rotatable bonds is 2. The highest BCUT2D eigenvalue weighted by Crippen LogP contribution is 2.35. The number of anilines is 1. The summed E-state index contributed by atoms with van der Waals surface area (Å²) in [5.74, 6) is -0.0272. The van der Waals surface area contributed by atoms with Crippen LogP contribution in [0.5, 0.6) is 0 Å². The Labute approximate surface area is 160 Å². The average Bonchev–Trinajstić information content (AvgIpc) is 3.18. The predicted octanol–water partition coefficient (Wildman–Crippen LogP) is 4.64. The van der Waals surface area contributed by atoms with Gasteiger partial charge in [-0.1, -0.05) is 18.2 Å². The van der Waals surface area contributed by atoms with Crippen LogP contribution in [0.15, 0.2) is 67.1 Å². The third kappa shape index (κ3) is 2.50. The molecule has 0 aliphatic carbocycles. The van der Waals surface area contributed by atoms with Gasteiger partial charge in [-0.3, -0.25) is 9.38 Å². The minimum atomic E-state index is -0.326. The number of nitrogens with two attached hydrogens (primary N) is 1. The van der Waals surface area contributed by atoms with Crippen LogP contribution in [-0.4, -0.2) is 19.4 Å². The van der Waals surface area contributed by atoms with Crippen molar-refractivity contribution in [3.8, 4) is 22.5 Å². The van der Waals surface area contributed by atoms with Crippen LogP contribution in [0.2, 0.25) is 0 Å². The maximum absolute atomic E-state index is 13.9. The predicted molar refractivity (Wildman–Crippen MR) is 108 cm³/mol. The van der Waals surface area contributed by atoms with Crippen LogP contribution in [0.25, 0.3) is 39.1 Å². The highest BCUT2D eigenvalue weighted by atomic mass is 19.1. The number of hydrogen-bond acceptors (Lipinski definition) is 4. The minimum absolute atomic E-state index is 0.298. The fraction of sp³-hybridized carbons (Fsp3) is 0.0455. The second kappa shape index (κ2) is 6.13. The normalized spacial score (nSPS) is 11.4. The number of hydrogen-bond donors (Lipinski definition) is 1. The second-order valence-corrected chi connectivity index (χ2v) is 6.69. The summed E-state index contributed by atoms with van der Waals surface area (Å²) in [5, 5.41) is 1.02. The molecule has 0 aliphatic rings. The van der Waals surface area contributed by atoms with Crippen LogP contribution < -0.4 is 5.73 Å². The third-order valence-electron chi connectivity index (χ3n) is 4.83. The van der Waals surface area contributed by atoms with Gasteiger partial charge in [-0.2, -0.15) is 0 Å². The molecule has 0 unspecified atom stereocenters. The molecule has 6 heteroatoms. The molecule has 0 fully saturated rings. The van der Waals surface area contributed by atoms with Gasteiger partial charge in [0.25, 0.3) is 0 Å². The molecule has 5 rings (SSSR count). The smallest absolute Gasteiger partial charge is 0.180 e. The average molecular weight is 369 g/mol. The van der Waals surface area contributed by atoms with Gasteiger partial charge in [-0.15, -0.1) is 0 Å². The Morgan fingerprint density at radius 1 is 0.964 bits per heavy atom. The molecule has 0 radical (unpaired) electrons. The Kier molecular flexibility index (Phi) is 3.58. The minimum Gasteiger partial charge on any atom is -0.381 e. The lowest BCUT2D eigenvalue weighted by Crippen LogP contribution is -2.04. The van der Waals surface area contributed by atoms with E-state index in [4.69, 9.17) is 5.73 Å². The van der Waals surface area contributed by atoms with E-state index in [-0.39, 0.29) is 5.82 Å². The Hall–Kier alpha value is -3.80. The lowest BCUT2D eigenvalue weighted by atomic mass is 9.99. The summed E-state index contributed by atoms with van der Waals surface area (Å²) in [4.78, 5) is 13.4. The van der Waals surface area contributed by atoms with Crippen LogP contribution >= 0.6 is 0 Å². The maximum atomic E-state index is 13.9. The molecular weight excluding hydrogens is 353 g/mol. The van der Waals surface area contributed by atoms with Crippen molar-refractivity contribution in [2.45, 2.75) is 6.92 Å². The molecule has 0 bridgehead atoms. The molecule has 3 heterocycles. The molecule has 5 aromatic rings. The molecule has 2 N–H and O–H groups in total. The van der Waals surface area contributed by atoms with Gasteiger partial charge in [0.15, 0.2) is 11.5 Å². The summed E-state index contributed by atoms with van der Waals surface area (Å²) in [7, 11) is 0. The standard InChI is InChI=1S/C22H16FN5/c1-13-10-16(11-14-5-3-7-25-18(13)14)20-19(15-4-2-6-17(23)12-15)27-21(24)22-26-8-9-28(20)22/h2-12H,1H3,(H2,24,27). The molecule has 3 aromatic heterocycles. The van der Waals surface area contributed by atoms with E-state index in [0.29, 0.717) is 22.7 Å². The first-order chi connectivity index (χ1) is 13.6. The Bertz CT molecular complexity index is 1360. The zero-order chi connectivity index (χ0) is 19.3. The summed E-state index contributed by atoms with van der Waals surface area (Å²) in [6.45, 7) is 2.02. The van der Waals surface area contributed by atoms with Crippen molar-refractivity contribution in [2.24, 2.45) is 0 Å². The van der Waals surface area contributed by atoms with Gasteiger partial charge in [-0.05, 0) is 42.8 Å². The van der Waals surface area contributed by atoms with Crippen molar-refractivity contribution >= 4 is 22.4 Å². The third-order valence-corrected chi connectivity index (χ3v) is 4.83. The van der Waals surface area contributed by atoms with Crippen molar-refractivity contribution in [2.75, 3.05) is 5.73 Å². The maximum Gasteiger partial charge on any atom is 0.180 e. The lowest BCUT2D eigenvalue weighted by Gasteiger charge is -2.15. The number of benzene rings is 2. The monoisotopic (exact) mass is 369 g/mol. The quantitative estimate of drug-likeness (QED) is 0.492. The zero-order valence-corrected chi connectivity index (χ0v) is 15.1. The number of aromatic nitrogens is 4. The van der Waals surface area contributed by atoms with E-state index in [1.165, 1.54) is 12.1 Å². The Morgan fingerprint density at radius 2 is 1.86 bits per heavy atom. The van der Waals surface area contributed by atoms with Crippen molar-refractivity contribution in [1.29, 1.82) is 0 Å². The number of nitrogens with zero attached hydrogens (tertiary/aromatic N) is 4. The molecule has 0 amide bonds. The van der Waals surface area contributed by atoms with Crippen molar-refractivity contribution < 1.29 is 4.39 Å². The van der Waals surface area contributed by atoms with Gasteiger partial charge in [0.2, 0.25) is 0 Å². The Balaban J connectivity index is 1.90. The second-order valence-electron chi connectivity index (χ2n) is 6.69. The number of pyridine rings is 1. The molecule has 5 nitrogen and oxygen atoms in total. The summed E-state index contributed by atoms with van der Waals surface area (Å²) in [6.07, 6.45) is 5.31. The van der Waals surface area contributed by atoms with Gasteiger partial charge >= 0.3 is 0 Å². The number of aryl methyl sites for hydroxylation is 1. The first-order valence-electron chi connectivity index (χ1n) is 8.86. The molecule has 0 aliphatic heterocycles. The summed E-state index contributed by atoms with van der Waals surface area (Å²) < 4.78 is 15.8. The first kappa shape index (κ1) is 16.4. The van der Waals surface area contributed by atoms with E-state index < -0.39 is 0 Å². The van der Waals surface area contributed by atoms with E-state index in [0.717, 1.165) is 27.7 Å². The molecule has 2 aromatic carbocycles. The fourth-order valence-corrected chi connectivity index (χ4v) is 3.63. The van der Waals surface area contributed by atoms with Gasteiger partial charge < -0.3 is 5.73 Å². The van der Waals surface area contributed by atoms with Crippen molar-refractivity contribution in [3.63, 3.8) is 0 Å². The van der Waals surface area contributed by atoms with Crippen molar-refractivity contribution in [1.82, 2.24) is 19.4 Å². The summed E-state index contributed by atoms with van der Waals surface area (Å²) >= 11 is 0. The number of halogens is 1. The SMILES string of the molecule is Cc1cc(-c2c(-c3cccc(F)c3)nc(N)c3nccn23)cc2cccnc12. The molecule has 0 atom stereocenters. The number of imidazole rings is 1. The molecule has 28 heavy (non-hydrogen) atoms. The van der Waals surface area contributed by atoms with Crippen LogP contribution in [0.3, 0.4) is 0 Å². The van der Waals surface area contributed by atoms with Gasteiger partial charge in [0.1, 0.15) is 5.82 Å². The first-order valence-corrected chi connectivity index (χ1v) is 8.86. The van der Waals surface area contributed by atoms with Gasteiger partial charge in [0.05, 0.1) is 16.9 Å². The molecule has 0 spiro atoms. The zero-order valence-electron chi connectivity index (χ0n) is 15.1. The van der Waals surface area contributed by atoms with Crippen LogP contribution in [0, 0.1) is 12.7 Å². The van der Waals surface area contributed by atoms with Crippen molar-refractivity contribution in [3.05, 3.63) is 78.5 Å². The van der Waals surface area contributed by atoms with Gasteiger partial charge in [-0.25, -0.2) is 14.4 Å².